The van der Waals surface area contributed by atoms with Crippen molar-refractivity contribution in [2.75, 3.05) is 0 Å². The van der Waals surface area contributed by atoms with E-state index in [2.05, 4.69) is 29.8 Å². The predicted octanol–water partition coefficient (Wildman–Crippen LogP) is 12.6. The van der Waals surface area contributed by atoms with Crippen LogP contribution in [0.2, 0.25) is 0 Å². The van der Waals surface area contributed by atoms with Gasteiger partial charge in [0.1, 0.15) is 5.60 Å². The van der Waals surface area contributed by atoms with Crippen molar-refractivity contribution < 1.29 is 19.1 Å². The molecule has 0 aliphatic rings. The van der Waals surface area contributed by atoms with E-state index in [9.17, 15) is 14.4 Å². The molecule has 49 heavy (non-hydrogen) atoms. The highest BCUT2D eigenvalue weighted by molar-refractivity contribution is 5.80. The lowest BCUT2D eigenvalue weighted by molar-refractivity contribution is -0.124. The van der Waals surface area contributed by atoms with Crippen LogP contribution in [-0.4, -0.2) is 29.8 Å². The van der Waals surface area contributed by atoms with Gasteiger partial charge in [0.2, 0.25) is 11.8 Å². The first-order valence-electron chi connectivity index (χ1n) is 21.3. The van der Waals surface area contributed by atoms with Crippen LogP contribution in [0.15, 0.2) is 0 Å². The van der Waals surface area contributed by atoms with E-state index >= 15 is 0 Å². The predicted molar refractivity (Wildman–Crippen MR) is 209 cm³/mol. The minimum atomic E-state index is -0.984. The molecule has 0 unspecified atom stereocenters. The van der Waals surface area contributed by atoms with Crippen LogP contribution in [0, 0.1) is 0 Å². The summed E-state index contributed by atoms with van der Waals surface area (Å²) in [6.45, 7) is 9.89. The van der Waals surface area contributed by atoms with Crippen LogP contribution in [0.25, 0.3) is 0 Å². The Hall–Kier alpha value is -1.79. The fourth-order valence-corrected chi connectivity index (χ4v) is 6.31. The number of nitrogens with one attached hydrogen (secondary N) is 3. The number of unbranched alkanes of at least 4 members (excludes halogenated alkanes) is 28. The molecule has 0 aliphatic carbocycles. The molecular formula is C42H83N3O4. The lowest BCUT2D eigenvalue weighted by Crippen LogP contribution is -2.58. The molecule has 7 heteroatoms. The molecule has 7 nitrogen and oxygen atoms in total. The second-order valence-electron chi connectivity index (χ2n) is 15.6. The molecule has 0 heterocycles. The van der Waals surface area contributed by atoms with Crippen molar-refractivity contribution in [3.63, 3.8) is 0 Å². The first kappa shape index (κ1) is 47.2. The third kappa shape index (κ3) is 37.3. The standard InChI is InChI=1S/C42H83N3O4/c1-6-8-10-12-14-16-18-20-22-24-26-28-30-32-34-36-38(46)43-40(45-41(48)49-42(3,4)5)44-39(47)37-35-33-31-29-27-25-23-21-19-17-15-13-11-9-7-2/h40H,6-37H2,1-5H3,(H,43,46)(H,44,47)(H,45,48). The van der Waals surface area contributed by atoms with Crippen molar-refractivity contribution >= 4 is 17.9 Å². The molecule has 0 atom stereocenters. The third-order valence-corrected chi connectivity index (χ3v) is 9.29. The Kier molecular flexibility index (Phi) is 33.4. The molecular weight excluding hydrogens is 610 g/mol. The zero-order valence-corrected chi connectivity index (χ0v) is 33.3. The van der Waals surface area contributed by atoms with Gasteiger partial charge in [-0.15, -0.1) is 0 Å². The van der Waals surface area contributed by atoms with Crippen LogP contribution in [0.5, 0.6) is 0 Å². The van der Waals surface area contributed by atoms with E-state index in [1.54, 1.807) is 20.8 Å². The first-order valence-corrected chi connectivity index (χ1v) is 21.3. The summed E-state index contributed by atoms with van der Waals surface area (Å²) >= 11 is 0. The molecule has 0 saturated carbocycles. The van der Waals surface area contributed by atoms with Crippen LogP contribution in [0.1, 0.15) is 240 Å². The maximum Gasteiger partial charge on any atom is 0.410 e. The summed E-state index contributed by atoms with van der Waals surface area (Å²) in [5.74, 6) is -0.356. The molecule has 0 rings (SSSR count). The number of hydrogen-bond acceptors (Lipinski definition) is 4. The molecule has 0 aliphatic heterocycles. The van der Waals surface area contributed by atoms with Gasteiger partial charge in [0.15, 0.2) is 6.29 Å². The quantitative estimate of drug-likeness (QED) is 0.0455. The number of amides is 3. The van der Waals surface area contributed by atoms with E-state index < -0.39 is 18.0 Å². The summed E-state index contributed by atoms with van der Waals surface area (Å²) in [6, 6.07) is 0. The Morgan fingerprint density at radius 2 is 0.653 bits per heavy atom. The zero-order valence-electron chi connectivity index (χ0n) is 33.3. The number of hydrogen-bond donors (Lipinski definition) is 3. The molecule has 0 aromatic heterocycles. The van der Waals surface area contributed by atoms with Crippen molar-refractivity contribution in [3.05, 3.63) is 0 Å². The van der Waals surface area contributed by atoms with E-state index in [1.807, 2.05) is 0 Å². The van der Waals surface area contributed by atoms with Gasteiger partial charge < -0.3 is 15.4 Å². The average molecular weight is 694 g/mol. The molecule has 3 N–H and O–H groups in total. The first-order chi connectivity index (χ1) is 23.7. The lowest BCUT2D eigenvalue weighted by atomic mass is 10.0. The highest BCUT2D eigenvalue weighted by Gasteiger charge is 2.22. The number of ether oxygens (including phenoxy) is 1. The minimum absolute atomic E-state index is 0.178. The number of carbonyl (C=O) groups excluding carboxylic acids is 3. The summed E-state index contributed by atoms with van der Waals surface area (Å²) in [6.07, 6.45) is 37.4. The maximum absolute atomic E-state index is 12.7. The lowest BCUT2D eigenvalue weighted by Gasteiger charge is -2.25. The summed E-state index contributed by atoms with van der Waals surface area (Å²) in [5, 5.41) is 8.19. The van der Waals surface area contributed by atoms with Gasteiger partial charge >= 0.3 is 6.09 Å². The third-order valence-electron chi connectivity index (χ3n) is 9.29. The Bertz CT molecular complexity index is 720. The van der Waals surface area contributed by atoms with Gasteiger partial charge in [0.25, 0.3) is 0 Å². The van der Waals surface area contributed by atoms with Gasteiger partial charge in [-0.2, -0.15) is 0 Å². The molecule has 0 aromatic carbocycles. The molecule has 0 fully saturated rings. The molecule has 0 radical (unpaired) electrons. The van der Waals surface area contributed by atoms with E-state index in [-0.39, 0.29) is 11.8 Å². The summed E-state index contributed by atoms with van der Waals surface area (Å²) < 4.78 is 5.36. The smallest absolute Gasteiger partial charge is 0.410 e. The molecule has 0 bridgehead atoms. The molecule has 3 amide bonds. The van der Waals surface area contributed by atoms with Crippen molar-refractivity contribution in [1.82, 2.24) is 16.0 Å². The van der Waals surface area contributed by atoms with Gasteiger partial charge in [0, 0.05) is 12.8 Å². The van der Waals surface area contributed by atoms with Crippen LogP contribution in [0.4, 0.5) is 4.79 Å². The highest BCUT2D eigenvalue weighted by atomic mass is 16.6. The monoisotopic (exact) mass is 694 g/mol. The Morgan fingerprint density at radius 3 is 0.898 bits per heavy atom. The summed E-state index contributed by atoms with van der Waals surface area (Å²) in [5.41, 5.74) is -0.676. The molecule has 0 saturated heterocycles. The summed E-state index contributed by atoms with van der Waals surface area (Å²) in [4.78, 5) is 37.8. The SMILES string of the molecule is CCCCCCCCCCCCCCCCCC(=O)NC(NC(=O)CCCCCCCCCCCCCCCCC)NC(=O)OC(C)(C)C. The van der Waals surface area contributed by atoms with Crippen molar-refractivity contribution in [1.29, 1.82) is 0 Å². The largest absolute Gasteiger partial charge is 0.444 e. The average Bonchev–Trinajstić information content (AvgIpc) is 3.03. The molecule has 0 aromatic rings. The fourth-order valence-electron chi connectivity index (χ4n) is 6.31. The van der Waals surface area contributed by atoms with Gasteiger partial charge in [-0.3, -0.25) is 14.9 Å². The second kappa shape index (κ2) is 34.6. The second-order valence-corrected chi connectivity index (χ2v) is 15.6. The van der Waals surface area contributed by atoms with Crippen LogP contribution < -0.4 is 16.0 Å². The normalized spacial score (nSPS) is 11.6. The van der Waals surface area contributed by atoms with E-state index in [1.165, 1.54) is 154 Å². The van der Waals surface area contributed by atoms with Crippen LogP contribution >= 0.6 is 0 Å². The highest BCUT2D eigenvalue weighted by Crippen LogP contribution is 2.15. The Balaban J connectivity index is 4.08. The topological polar surface area (TPSA) is 96.5 Å². The molecule has 290 valence electrons. The number of rotatable bonds is 35. The van der Waals surface area contributed by atoms with Gasteiger partial charge in [-0.1, -0.05) is 194 Å². The van der Waals surface area contributed by atoms with Gasteiger partial charge in [-0.05, 0) is 33.6 Å². The van der Waals surface area contributed by atoms with E-state index in [4.69, 9.17) is 4.74 Å². The number of carbonyl (C=O) groups is 3. The van der Waals surface area contributed by atoms with Crippen molar-refractivity contribution in [2.24, 2.45) is 0 Å². The van der Waals surface area contributed by atoms with Crippen molar-refractivity contribution in [2.45, 2.75) is 252 Å². The summed E-state index contributed by atoms with van der Waals surface area (Å²) in [7, 11) is 0. The van der Waals surface area contributed by atoms with E-state index in [0.29, 0.717) is 12.8 Å². The zero-order chi connectivity index (χ0) is 36.3. The van der Waals surface area contributed by atoms with Crippen LogP contribution in [0.3, 0.4) is 0 Å². The fraction of sp³-hybridized carbons (Fsp3) is 0.929. The minimum Gasteiger partial charge on any atom is -0.444 e. The Labute approximate surface area is 304 Å². The number of alkyl carbamates (subject to hydrolysis) is 1. The molecule has 0 spiro atoms. The van der Waals surface area contributed by atoms with E-state index in [0.717, 1.165) is 38.5 Å². The van der Waals surface area contributed by atoms with Crippen molar-refractivity contribution in [3.8, 4) is 0 Å². The Morgan fingerprint density at radius 1 is 0.408 bits per heavy atom. The van der Waals surface area contributed by atoms with Gasteiger partial charge in [-0.25, -0.2) is 4.79 Å². The van der Waals surface area contributed by atoms with Gasteiger partial charge in [0.05, 0.1) is 0 Å². The maximum atomic E-state index is 12.7. The van der Waals surface area contributed by atoms with Crippen LogP contribution in [-0.2, 0) is 14.3 Å².